The predicted octanol–water partition coefficient (Wildman–Crippen LogP) is 2.94. The Morgan fingerprint density at radius 2 is 1.97 bits per heavy atom. The van der Waals surface area contributed by atoms with Gasteiger partial charge in [-0.25, -0.2) is 9.50 Å². The van der Waals surface area contributed by atoms with Gasteiger partial charge in [-0.15, -0.1) is 0 Å². The first-order valence-electron chi connectivity index (χ1n) is 9.26. The van der Waals surface area contributed by atoms with Crippen LogP contribution in [0.1, 0.15) is 34.7 Å². The lowest BCUT2D eigenvalue weighted by atomic mass is 10.1. The van der Waals surface area contributed by atoms with Crippen LogP contribution in [-0.4, -0.2) is 37.4 Å². The normalized spacial score (nSPS) is 12.1. The summed E-state index contributed by atoms with van der Waals surface area (Å²) in [5, 5.41) is 11.7. The molecule has 3 aromatic heterocycles. The number of hydrogen-bond acceptors (Lipinski definition) is 5. The highest BCUT2D eigenvalue weighted by Crippen LogP contribution is 2.23. The molecule has 4 aromatic rings. The summed E-state index contributed by atoms with van der Waals surface area (Å²) in [6.07, 6.45) is 3.48. The highest BCUT2D eigenvalue weighted by Gasteiger charge is 2.19. The molecule has 1 amide bonds. The quantitative estimate of drug-likeness (QED) is 0.566. The monoisotopic (exact) mass is 390 g/mol. The number of fused-ring (bicyclic) bond motifs is 1. The summed E-state index contributed by atoms with van der Waals surface area (Å²) in [7, 11) is 3.51. The molecule has 1 unspecified atom stereocenters. The fourth-order valence-corrected chi connectivity index (χ4v) is 3.28. The van der Waals surface area contributed by atoms with Gasteiger partial charge in [0.1, 0.15) is 5.75 Å². The van der Waals surface area contributed by atoms with E-state index in [9.17, 15) is 4.79 Å². The van der Waals surface area contributed by atoms with Crippen LogP contribution >= 0.6 is 0 Å². The lowest BCUT2D eigenvalue weighted by Gasteiger charge is -2.12. The average molecular weight is 390 g/mol. The van der Waals surface area contributed by atoms with Gasteiger partial charge in [-0.3, -0.25) is 9.48 Å². The van der Waals surface area contributed by atoms with E-state index in [1.165, 1.54) is 0 Å². The molecule has 0 aliphatic heterocycles. The van der Waals surface area contributed by atoms with Gasteiger partial charge < -0.3 is 10.1 Å². The van der Waals surface area contributed by atoms with Crippen LogP contribution < -0.4 is 10.1 Å². The molecular formula is C21H22N6O2. The van der Waals surface area contributed by atoms with Gasteiger partial charge in [-0.1, -0.05) is 0 Å². The molecule has 8 heteroatoms. The van der Waals surface area contributed by atoms with E-state index in [1.54, 1.807) is 34.8 Å². The Kier molecular flexibility index (Phi) is 4.75. The van der Waals surface area contributed by atoms with Gasteiger partial charge in [0.05, 0.1) is 25.0 Å². The second kappa shape index (κ2) is 7.38. The Morgan fingerprint density at radius 1 is 1.21 bits per heavy atom. The Morgan fingerprint density at radius 3 is 2.62 bits per heavy atom. The maximum absolute atomic E-state index is 12.8. The van der Waals surface area contributed by atoms with Gasteiger partial charge >= 0.3 is 0 Å². The molecular weight excluding hydrogens is 368 g/mol. The minimum absolute atomic E-state index is 0.185. The first-order chi connectivity index (χ1) is 14.0. The summed E-state index contributed by atoms with van der Waals surface area (Å²) in [6, 6.07) is 11.0. The van der Waals surface area contributed by atoms with Crippen molar-refractivity contribution in [2.24, 2.45) is 7.05 Å². The maximum Gasteiger partial charge on any atom is 0.272 e. The minimum Gasteiger partial charge on any atom is -0.497 e. The number of amides is 1. The number of rotatable bonds is 5. The van der Waals surface area contributed by atoms with E-state index in [0.717, 1.165) is 28.3 Å². The number of hydrogen-bond donors (Lipinski definition) is 1. The molecule has 0 saturated carbocycles. The summed E-state index contributed by atoms with van der Waals surface area (Å²) in [5.41, 5.74) is 4.69. The molecule has 1 aromatic carbocycles. The number of methoxy groups -OCH3 is 1. The molecule has 148 valence electrons. The molecule has 29 heavy (non-hydrogen) atoms. The molecule has 0 radical (unpaired) electrons. The third-order valence-corrected chi connectivity index (χ3v) is 5.06. The van der Waals surface area contributed by atoms with E-state index in [1.807, 2.05) is 51.2 Å². The van der Waals surface area contributed by atoms with Gasteiger partial charge in [0.2, 0.25) is 0 Å². The fraction of sp³-hybridized carbons (Fsp3) is 0.238. The van der Waals surface area contributed by atoms with Crippen molar-refractivity contribution in [1.82, 2.24) is 29.7 Å². The molecule has 0 saturated heterocycles. The Balaban J connectivity index is 1.63. The Labute approximate surface area is 168 Å². The molecule has 0 aliphatic carbocycles. The first-order valence-corrected chi connectivity index (χ1v) is 9.26. The third-order valence-electron chi connectivity index (χ3n) is 5.06. The number of nitrogens with one attached hydrogen (secondary N) is 1. The van der Waals surface area contributed by atoms with Crippen LogP contribution in [0, 0.1) is 6.92 Å². The molecule has 3 heterocycles. The van der Waals surface area contributed by atoms with Crippen LogP contribution in [0.2, 0.25) is 0 Å². The summed E-state index contributed by atoms with van der Waals surface area (Å²) < 4.78 is 8.68. The number of carbonyl (C=O) groups is 1. The maximum atomic E-state index is 12.8. The van der Waals surface area contributed by atoms with Crippen molar-refractivity contribution in [2.75, 3.05) is 7.11 Å². The SMILES string of the molecule is COc1ccc(-c2ccnc3cc(C(=O)NC(C)c4cnn(C)c4C)nn23)cc1. The lowest BCUT2D eigenvalue weighted by Crippen LogP contribution is -2.27. The number of aryl methyl sites for hydroxylation is 1. The topological polar surface area (TPSA) is 86.3 Å². The second-order valence-electron chi connectivity index (χ2n) is 6.86. The van der Waals surface area contributed by atoms with Crippen molar-refractivity contribution in [3.8, 4) is 17.0 Å². The predicted molar refractivity (Wildman–Crippen MR) is 109 cm³/mol. The van der Waals surface area contributed by atoms with E-state index in [0.29, 0.717) is 11.3 Å². The number of aromatic nitrogens is 5. The highest BCUT2D eigenvalue weighted by atomic mass is 16.5. The summed E-state index contributed by atoms with van der Waals surface area (Å²) in [6.45, 7) is 3.90. The number of ether oxygens (including phenoxy) is 1. The Hall–Kier alpha value is -3.68. The molecule has 8 nitrogen and oxygen atoms in total. The molecule has 0 fully saturated rings. The van der Waals surface area contributed by atoms with Gasteiger partial charge in [-0.2, -0.15) is 10.2 Å². The van der Waals surface area contributed by atoms with Crippen molar-refractivity contribution >= 4 is 11.6 Å². The Bertz CT molecular complexity index is 1180. The molecule has 1 atom stereocenters. The van der Waals surface area contributed by atoms with Crippen LogP contribution in [0.15, 0.2) is 48.8 Å². The van der Waals surface area contributed by atoms with Crippen molar-refractivity contribution < 1.29 is 9.53 Å². The van der Waals surface area contributed by atoms with Gasteiger partial charge in [0.25, 0.3) is 5.91 Å². The number of nitrogens with zero attached hydrogens (tertiary/aromatic N) is 5. The van der Waals surface area contributed by atoms with Gasteiger partial charge in [0, 0.05) is 36.1 Å². The lowest BCUT2D eigenvalue weighted by molar-refractivity contribution is 0.0934. The van der Waals surface area contributed by atoms with E-state index in [-0.39, 0.29) is 11.9 Å². The number of carbonyl (C=O) groups excluding carboxylic acids is 1. The molecule has 0 spiro atoms. The zero-order chi connectivity index (χ0) is 20.5. The second-order valence-corrected chi connectivity index (χ2v) is 6.86. The van der Waals surface area contributed by atoms with E-state index < -0.39 is 0 Å². The highest BCUT2D eigenvalue weighted by molar-refractivity contribution is 5.93. The smallest absolute Gasteiger partial charge is 0.272 e. The zero-order valence-corrected chi connectivity index (χ0v) is 16.7. The van der Waals surface area contributed by atoms with Crippen LogP contribution in [0.4, 0.5) is 0 Å². The van der Waals surface area contributed by atoms with E-state index in [4.69, 9.17) is 4.74 Å². The van der Waals surface area contributed by atoms with E-state index in [2.05, 4.69) is 20.5 Å². The zero-order valence-electron chi connectivity index (χ0n) is 16.7. The summed E-state index contributed by atoms with van der Waals surface area (Å²) in [5.74, 6) is 0.520. The summed E-state index contributed by atoms with van der Waals surface area (Å²) in [4.78, 5) is 17.1. The van der Waals surface area contributed by atoms with Gasteiger partial charge in [-0.05, 0) is 44.2 Å². The first kappa shape index (κ1) is 18.7. The van der Waals surface area contributed by atoms with Crippen LogP contribution in [0.3, 0.4) is 0 Å². The third kappa shape index (κ3) is 3.44. The standard InChI is InChI=1S/C21H22N6O2/c1-13(17-12-23-26(3)14(17)2)24-21(28)18-11-20-22-10-9-19(27(20)25-18)15-5-7-16(29-4)8-6-15/h5-13H,1-4H3,(H,24,28). The van der Waals surface area contributed by atoms with E-state index >= 15 is 0 Å². The van der Waals surface area contributed by atoms with Crippen molar-refractivity contribution in [3.63, 3.8) is 0 Å². The van der Waals surface area contributed by atoms with Crippen molar-refractivity contribution in [1.29, 1.82) is 0 Å². The van der Waals surface area contributed by atoms with Crippen molar-refractivity contribution in [3.05, 3.63) is 65.7 Å². The van der Waals surface area contributed by atoms with Crippen LogP contribution in [-0.2, 0) is 7.05 Å². The molecule has 4 rings (SSSR count). The van der Waals surface area contributed by atoms with Crippen LogP contribution in [0.25, 0.3) is 16.9 Å². The van der Waals surface area contributed by atoms with Crippen LogP contribution in [0.5, 0.6) is 5.75 Å². The number of benzene rings is 1. The van der Waals surface area contributed by atoms with Gasteiger partial charge in [0.15, 0.2) is 11.3 Å². The molecule has 0 bridgehead atoms. The fourth-order valence-electron chi connectivity index (χ4n) is 3.28. The summed E-state index contributed by atoms with van der Waals surface area (Å²) >= 11 is 0. The molecule has 1 N–H and O–H groups in total. The van der Waals surface area contributed by atoms with Crippen molar-refractivity contribution in [2.45, 2.75) is 19.9 Å². The average Bonchev–Trinajstić information content (AvgIpc) is 3.31. The largest absolute Gasteiger partial charge is 0.497 e. The molecule has 0 aliphatic rings. The minimum atomic E-state index is -0.257.